The Bertz CT molecular complexity index is 186. The zero-order chi connectivity index (χ0) is 6.53. The molecule has 0 unspecified atom stereocenters. The summed E-state index contributed by atoms with van der Waals surface area (Å²) in [6, 6.07) is 1.72. The van der Waals surface area contributed by atoms with Gasteiger partial charge in [0.05, 0.1) is 5.69 Å². The Morgan fingerprint density at radius 1 is 1.67 bits per heavy atom. The van der Waals surface area contributed by atoms with Gasteiger partial charge in [-0.3, -0.25) is 0 Å². The predicted molar refractivity (Wildman–Crippen MR) is 31.8 cm³/mol. The smallest absolute Gasteiger partial charge is 0.125 e. The monoisotopic (exact) mass is 122 g/mol. The van der Waals surface area contributed by atoms with Crippen LogP contribution in [0.25, 0.3) is 0 Å². The lowest BCUT2D eigenvalue weighted by Crippen LogP contribution is -1.89. The van der Waals surface area contributed by atoms with E-state index in [1.54, 1.807) is 12.3 Å². The molecule has 9 heavy (non-hydrogen) atoms. The van der Waals surface area contributed by atoms with Gasteiger partial charge in [0.1, 0.15) is 12.6 Å². The fourth-order valence-corrected chi connectivity index (χ4v) is 0.524. The number of aldehydes is 1. The highest BCUT2D eigenvalue weighted by Crippen LogP contribution is 1.87. The molecule has 46 valence electrons. The van der Waals surface area contributed by atoms with Gasteiger partial charge >= 0.3 is 0 Å². The molecule has 1 aromatic heterocycles. The van der Waals surface area contributed by atoms with Crippen molar-refractivity contribution in [3.05, 3.63) is 24.3 Å². The van der Waals surface area contributed by atoms with E-state index in [0.29, 0.717) is 6.42 Å². The molecule has 0 amide bonds. The molecule has 0 aliphatic heterocycles. The summed E-state index contributed by atoms with van der Waals surface area (Å²) in [5, 5.41) is 0. The van der Waals surface area contributed by atoms with Crippen molar-refractivity contribution in [2.24, 2.45) is 0 Å². The molecule has 0 fully saturated rings. The van der Waals surface area contributed by atoms with Crippen molar-refractivity contribution in [2.45, 2.75) is 6.42 Å². The SMILES string of the molecule is O=CCc1ccncn1. The molecule has 3 nitrogen and oxygen atoms in total. The summed E-state index contributed by atoms with van der Waals surface area (Å²) in [6.45, 7) is 0. The van der Waals surface area contributed by atoms with Crippen LogP contribution in [0.5, 0.6) is 0 Å². The van der Waals surface area contributed by atoms with E-state index in [1.807, 2.05) is 0 Å². The van der Waals surface area contributed by atoms with Gasteiger partial charge in [-0.05, 0) is 6.07 Å². The lowest BCUT2D eigenvalue weighted by Gasteiger charge is -1.87. The number of hydrogen-bond donors (Lipinski definition) is 0. The van der Waals surface area contributed by atoms with Crippen LogP contribution < -0.4 is 0 Å². The molecule has 0 radical (unpaired) electrons. The minimum absolute atomic E-state index is 0.377. The third-order valence-corrected chi connectivity index (χ3v) is 0.936. The van der Waals surface area contributed by atoms with E-state index >= 15 is 0 Å². The zero-order valence-corrected chi connectivity index (χ0v) is 4.82. The molecule has 0 aliphatic rings. The Kier molecular flexibility index (Phi) is 1.90. The molecule has 0 N–H and O–H groups in total. The van der Waals surface area contributed by atoms with Gasteiger partial charge in [0.15, 0.2) is 0 Å². The van der Waals surface area contributed by atoms with E-state index in [0.717, 1.165) is 12.0 Å². The Labute approximate surface area is 52.8 Å². The van der Waals surface area contributed by atoms with Crippen LogP contribution in [0.3, 0.4) is 0 Å². The highest BCUT2D eigenvalue weighted by molar-refractivity contribution is 5.53. The quantitative estimate of drug-likeness (QED) is 0.527. The molecule has 1 heterocycles. The maximum Gasteiger partial charge on any atom is 0.125 e. The van der Waals surface area contributed by atoms with Gasteiger partial charge in [-0.2, -0.15) is 0 Å². The standard InChI is InChI=1S/C6H6N2O/c9-4-2-6-1-3-7-5-8-6/h1,3-5H,2H2. The van der Waals surface area contributed by atoms with E-state index < -0.39 is 0 Å². The molecular formula is C6H6N2O. The van der Waals surface area contributed by atoms with Crippen LogP contribution >= 0.6 is 0 Å². The Morgan fingerprint density at radius 2 is 2.56 bits per heavy atom. The molecule has 3 heteroatoms. The highest BCUT2D eigenvalue weighted by atomic mass is 16.1. The minimum atomic E-state index is 0.377. The first-order valence-electron chi connectivity index (χ1n) is 2.62. The Morgan fingerprint density at radius 3 is 3.11 bits per heavy atom. The first-order chi connectivity index (χ1) is 4.43. The number of carbonyl (C=O) groups is 1. The molecule has 0 aromatic carbocycles. The maximum atomic E-state index is 9.91. The van der Waals surface area contributed by atoms with E-state index in [4.69, 9.17) is 0 Å². The second-order valence-electron chi connectivity index (χ2n) is 1.57. The van der Waals surface area contributed by atoms with E-state index in [1.165, 1.54) is 6.33 Å². The molecular weight excluding hydrogens is 116 g/mol. The van der Waals surface area contributed by atoms with Crippen LogP contribution in [0.2, 0.25) is 0 Å². The second kappa shape index (κ2) is 2.91. The van der Waals surface area contributed by atoms with Gasteiger partial charge in [-0.25, -0.2) is 9.97 Å². The molecule has 0 saturated carbocycles. The summed E-state index contributed by atoms with van der Waals surface area (Å²) < 4.78 is 0. The van der Waals surface area contributed by atoms with Crippen molar-refractivity contribution in [2.75, 3.05) is 0 Å². The lowest BCUT2D eigenvalue weighted by molar-refractivity contribution is -0.107. The Balaban J connectivity index is 2.72. The summed E-state index contributed by atoms with van der Waals surface area (Å²) >= 11 is 0. The van der Waals surface area contributed by atoms with Gasteiger partial charge in [0.2, 0.25) is 0 Å². The average molecular weight is 122 g/mol. The number of nitrogens with zero attached hydrogens (tertiary/aromatic N) is 2. The molecule has 1 rings (SSSR count). The van der Waals surface area contributed by atoms with Crippen molar-refractivity contribution in [1.29, 1.82) is 0 Å². The molecule has 0 saturated heterocycles. The van der Waals surface area contributed by atoms with Gasteiger partial charge in [0, 0.05) is 12.6 Å². The second-order valence-corrected chi connectivity index (χ2v) is 1.57. The molecule has 0 aliphatic carbocycles. The topological polar surface area (TPSA) is 42.9 Å². The van der Waals surface area contributed by atoms with Gasteiger partial charge in [-0.1, -0.05) is 0 Å². The third-order valence-electron chi connectivity index (χ3n) is 0.936. The average Bonchev–Trinajstić information content (AvgIpc) is 1.91. The summed E-state index contributed by atoms with van der Waals surface area (Å²) in [5.41, 5.74) is 0.764. The van der Waals surface area contributed by atoms with Crippen LogP contribution in [-0.4, -0.2) is 16.3 Å². The van der Waals surface area contributed by atoms with E-state index in [9.17, 15) is 4.79 Å². The lowest BCUT2D eigenvalue weighted by atomic mass is 10.3. The van der Waals surface area contributed by atoms with Crippen LogP contribution in [-0.2, 0) is 11.2 Å². The fraction of sp³-hybridized carbons (Fsp3) is 0.167. The minimum Gasteiger partial charge on any atom is -0.303 e. The zero-order valence-electron chi connectivity index (χ0n) is 4.82. The summed E-state index contributed by atoms with van der Waals surface area (Å²) in [4.78, 5) is 17.4. The van der Waals surface area contributed by atoms with Crippen molar-refractivity contribution in [3.8, 4) is 0 Å². The summed E-state index contributed by atoms with van der Waals surface area (Å²) in [5.74, 6) is 0. The van der Waals surface area contributed by atoms with Crippen molar-refractivity contribution in [3.63, 3.8) is 0 Å². The van der Waals surface area contributed by atoms with Crippen molar-refractivity contribution < 1.29 is 4.79 Å². The van der Waals surface area contributed by atoms with E-state index in [2.05, 4.69) is 9.97 Å². The van der Waals surface area contributed by atoms with E-state index in [-0.39, 0.29) is 0 Å². The van der Waals surface area contributed by atoms with Gasteiger partial charge < -0.3 is 4.79 Å². The number of carbonyl (C=O) groups excluding carboxylic acids is 1. The summed E-state index contributed by atoms with van der Waals surface area (Å²) in [7, 11) is 0. The normalized spacial score (nSPS) is 8.89. The Hall–Kier alpha value is -1.25. The van der Waals surface area contributed by atoms with Gasteiger partial charge in [-0.15, -0.1) is 0 Å². The summed E-state index contributed by atoms with van der Waals surface area (Å²) in [6.07, 6.45) is 4.25. The maximum absolute atomic E-state index is 9.91. The third kappa shape index (κ3) is 1.60. The van der Waals surface area contributed by atoms with Crippen LogP contribution in [0, 0.1) is 0 Å². The molecule has 0 bridgehead atoms. The van der Waals surface area contributed by atoms with Gasteiger partial charge in [0.25, 0.3) is 0 Å². The first-order valence-corrected chi connectivity index (χ1v) is 2.62. The van der Waals surface area contributed by atoms with Crippen LogP contribution in [0.1, 0.15) is 5.69 Å². The molecule has 0 atom stereocenters. The number of rotatable bonds is 2. The largest absolute Gasteiger partial charge is 0.303 e. The number of aromatic nitrogens is 2. The fourth-order valence-electron chi connectivity index (χ4n) is 0.524. The predicted octanol–water partition coefficient (Wildman–Crippen LogP) is 0.218. The molecule has 1 aromatic rings. The highest BCUT2D eigenvalue weighted by Gasteiger charge is 1.87. The molecule has 0 spiro atoms. The van der Waals surface area contributed by atoms with Crippen LogP contribution in [0.15, 0.2) is 18.6 Å². The van der Waals surface area contributed by atoms with Crippen molar-refractivity contribution in [1.82, 2.24) is 9.97 Å². The first kappa shape index (κ1) is 5.88. The van der Waals surface area contributed by atoms with Crippen LogP contribution in [0.4, 0.5) is 0 Å². The number of hydrogen-bond acceptors (Lipinski definition) is 3. The van der Waals surface area contributed by atoms with Crippen molar-refractivity contribution >= 4 is 6.29 Å².